The minimum Gasteiger partial charge on any atom is -0.488 e. The van der Waals surface area contributed by atoms with Crippen LogP contribution in [0.2, 0.25) is 0 Å². The van der Waals surface area contributed by atoms with Gasteiger partial charge in [-0.25, -0.2) is 4.39 Å². The molecule has 2 aromatic carbocycles. The second kappa shape index (κ2) is 5.96. The molecular weight excluding hydrogens is 319 g/mol. The third-order valence-corrected chi connectivity index (χ3v) is 3.58. The Hall–Kier alpha value is -1.35. The molecule has 0 aliphatic carbocycles. The predicted molar refractivity (Wildman–Crippen MR) is 83.6 cm³/mol. The van der Waals surface area contributed by atoms with E-state index >= 15 is 0 Å². The topological polar surface area (TPSA) is 9.23 Å². The largest absolute Gasteiger partial charge is 0.488 e. The maximum Gasteiger partial charge on any atom is 0.129 e. The van der Waals surface area contributed by atoms with Crippen LogP contribution in [0, 0.1) is 5.82 Å². The van der Waals surface area contributed by atoms with E-state index in [0.717, 1.165) is 15.8 Å². The zero-order valence-corrected chi connectivity index (χ0v) is 13.5. The van der Waals surface area contributed by atoms with Gasteiger partial charge < -0.3 is 4.74 Å². The van der Waals surface area contributed by atoms with Crippen LogP contribution in [0.25, 0.3) is 0 Å². The molecule has 2 aromatic rings. The van der Waals surface area contributed by atoms with E-state index in [1.807, 2.05) is 24.3 Å². The second-order valence-electron chi connectivity index (χ2n) is 5.77. The summed E-state index contributed by atoms with van der Waals surface area (Å²) >= 11 is 3.35. The van der Waals surface area contributed by atoms with Crippen LogP contribution in [0.1, 0.15) is 31.9 Å². The first kappa shape index (κ1) is 15.0. The molecule has 0 aromatic heterocycles. The van der Waals surface area contributed by atoms with E-state index in [0.29, 0.717) is 5.56 Å². The zero-order valence-electron chi connectivity index (χ0n) is 11.9. The van der Waals surface area contributed by atoms with E-state index in [1.54, 1.807) is 12.1 Å². The van der Waals surface area contributed by atoms with Crippen LogP contribution in [-0.2, 0) is 12.0 Å². The number of rotatable bonds is 3. The quantitative estimate of drug-likeness (QED) is 0.722. The van der Waals surface area contributed by atoms with Crippen LogP contribution in [0.15, 0.2) is 46.9 Å². The molecule has 0 atom stereocenters. The average molecular weight is 337 g/mol. The summed E-state index contributed by atoms with van der Waals surface area (Å²) in [6.07, 6.45) is 0. The predicted octanol–water partition coefficient (Wildman–Crippen LogP) is 5.46. The lowest BCUT2D eigenvalue weighted by molar-refractivity contribution is 0.291. The Labute approximate surface area is 127 Å². The van der Waals surface area contributed by atoms with Crippen molar-refractivity contribution < 1.29 is 9.13 Å². The standard InChI is InChI=1S/C17H18BrFO/c1-17(2,3)14-6-4-5-7-16(14)20-11-12-10-13(18)8-9-15(12)19/h4-10H,11H2,1-3H3. The highest BCUT2D eigenvalue weighted by Gasteiger charge is 2.18. The molecule has 0 N–H and O–H groups in total. The van der Waals surface area contributed by atoms with Crippen molar-refractivity contribution in [1.82, 2.24) is 0 Å². The minimum absolute atomic E-state index is 0.00753. The van der Waals surface area contributed by atoms with E-state index in [9.17, 15) is 4.39 Å². The van der Waals surface area contributed by atoms with Gasteiger partial charge in [-0.3, -0.25) is 0 Å². The van der Waals surface area contributed by atoms with Gasteiger partial charge in [-0.1, -0.05) is 54.9 Å². The first-order valence-corrected chi connectivity index (χ1v) is 7.33. The smallest absolute Gasteiger partial charge is 0.129 e. The van der Waals surface area contributed by atoms with Gasteiger partial charge in [-0.2, -0.15) is 0 Å². The van der Waals surface area contributed by atoms with Gasteiger partial charge in [0.25, 0.3) is 0 Å². The third kappa shape index (κ3) is 3.60. The molecule has 0 bridgehead atoms. The number of para-hydroxylation sites is 1. The molecule has 20 heavy (non-hydrogen) atoms. The van der Waals surface area contributed by atoms with Crippen molar-refractivity contribution in [3.63, 3.8) is 0 Å². The number of hydrogen-bond donors (Lipinski definition) is 0. The maximum absolute atomic E-state index is 13.7. The second-order valence-corrected chi connectivity index (χ2v) is 6.69. The Bertz CT molecular complexity index is 602. The Morgan fingerprint density at radius 2 is 1.80 bits per heavy atom. The van der Waals surface area contributed by atoms with Gasteiger partial charge in [0.15, 0.2) is 0 Å². The number of halogens is 2. The molecular formula is C17H18BrFO. The van der Waals surface area contributed by atoms with E-state index in [1.165, 1.54) is 6.07 Å². The normalized spacial score (nSPS) is 11.4. The van der Waals surface area contributed by atoms with Crippen molar-refractivity contribution in [2.45, 2.75) is 32.8 Å². The van der Waals surface area contributed by atoms with Gasteiger partial charge in [0.2, 0.25) is 0 Å². The van der Waals surface area contributed by atoms with Gasteiger partial charge in [0.05, 0.1) is 0 Å². The summed E-state index contributed by atoms with van der Waals surface area (Å²) in [6, 6.07) is 12.8. The Morgan fingerprint density at radius 3 is 2.50 bits per heavy atom. The molecule has 0 fully saturated rings. The summed E-state index contributed by atoms with van der Waals surface area (Å²) in [5, 5.41) is 0. The average Bonchev–Trinajstić information content (AvgIpc) is 2.39. The van der Waals surface area contributed by atoms with E-state index in [2.05, 4.69) is 36.7 Å². The minimum atomic E-state index is -0.249. The molecule has 2 rings (SSSR count). The van der Waals surface area contributed by atoms with E-state index < -0.39 is 0 Å². The third-order valence-electron chi connectivity index (χ3n) is 3.09. The summed E-state index contributed by atoms with van der Waals surface area (Å²) in [7, 11) is 0. The van der Waals surface area contributed by atoms with Gasteiger partial charge in [0, 0.05) is 10.0 Å². The lowest BCUT2D eigenvalue weighted by Crippen LogP contribution is -2.13. The van der Waals surface area contributed by atoms with Crippen molar-refractivity contribution >= 4 is 15.9 Å². The molecule has 0 radical (unpaired) electrons. The number of hydrogen-bond acceptors (Lipinski definition) is 1. The fraction of sp³-hybridized carbons (Fsp3) is 0.294. The van der Waals surface area contributed by atoms with Crippen LogP contribution in [0.3, 0.4) is 0 Å². The van der Waals surface area contributed by atoms with Gasteiger partial charge in [-0.05, 0) is 35.2 Å². The van der Waals surface area contributed by atoms with E-state index in [-0.39, 0.29) is 17.8 Å². The molecule has 0 amide bonds. The Kier molecular flexibility index (Phi) is 4.48. The SMILES string of the molecule is CC(C)(C)c1ccccc1OCc1cc(Br)ccc1F. The maximum atomic E-state index is 13.7. The molecule has 106 valence electrons. The molecule has 0 spiro atoms. The van der Waals surface area contributed by atoms with Crippen molar-refractivity contribution in [1.29, 1.82) is 0 Å². The molecule has 0 unspecified atom stereocenters. The molecule has 0 saturated carbocycles. The Morgan fingerprint density at radius 1 is 1.10 bits per heavy atom. The summed E-state index contributed by atoms with van der Waals surface area (Å²) < 4.78 is 20.4. The highest BCUT2D eigenvalue weighted by Crippen LogP contribution is 2.31. The van der Waals surface area contributed by atoms with Crippen LogP contribution in [0.4, 0.5) is 4.39 Å². The molecule has 0 heterocycles. The van der Waals surface area contributed by atoms with E-state index in [4.69, 9.17) is 4.74 Å². The van der Waals surface area contributed by atoms with Crippen LogP contribution < -0.4 is 4.74 Å². The van der Waals surface area contributed by atoms with Gasteiger partial charge in [0.1, 0.15) is 18.2 Å². The summed E-state index contributed by atoms with van der Waals surface area (Å²) in [6.45, 7) is 6.62. The van der Waals surface area contributed by atoms with Crippen molar-refractivity contribution in [3.05, 3.63) is 63.9 Å². The van der Waals surface area contributed by atoms with Gasteiger partial charge >= 0.3 is 0 Å². The lowest BCUT2D eigenvalue weighted by atomic mass is 9.86. The number of ether oxygens (including phenoxy) is 1. The first-order chi connectivity index (χ1) is 9.38. The van der Waals surface area contributed by atoms with Crippen LogP contribution in [0.5, 0.6) is 5.75 Å². The van der Waals surface area contributed by atoms with Crippen molar-refractivity contribution in [3.8, 4) is 5.75 Å². The van der Waals surface area contributed by atoms with Crippen molar-refractivity contribution in [2.75, 3.05) is 0 Å². The fourth-order valence-corrected chi connectivity index (χ4v) is 2.43. The summed E-state index contributed by atoms with van der Waals surface area (Å²) in [5.41, 5.74) is 1.66. The van der Waals surface area contributed by atoms with Crippen LogP contribution >= 0.6 is 15.9 Å². The number of benzene rings is 2. The van der Waals surface area contributed by atoms with Gasteiger partial charge in [-0.15, -0.1) is 0 Å². The lowest BCUT2D eigenvalue weighted by Gasteiger charge is -2.22. The molecule has 1 nitrogen and oxygen atoms in total. The monoisotopic (exact) mass is 336 g/mol. The Balaban J connectivity index is 2.21. The zero-order chi connectivity index (χ0) is 14.8. The molecule has 0 saturated heterocycles. The molecule has 0 aliphatic rings. The summed E-state index contributed by atoms with van der Waals surface area (Å²) in [4.78, 5) is 0. The van der Waals surface area contributed by atoms with Crippen LogP contribution in [-0.4, -0.2) is 0 Å². The molecule has 0 aliphatic heterocycles. The summed E-state index contributed by atoms with van der Waals surface area (Å²) in [5.74, 6) is 0.556. The fourth-order valence-electron chi connectivity index (χ4n) is 2.02. The highest BCUT2D eigenvalue weighted by atomic mass is 79.9. The molecule has 3 heteroatoms. The van der Waals surface area contributed by atoms with Crippen molar-refractivity contribution in [2.24, 2.45) is 0 Å². The first-order valence-electron chi connectivity index (χ1n) is 6.54. The highest BCUT2D eigenvalue weighted by molar-refractivity contribution is 9.10.